The van der Waals surface area contributed by atoms with Crippen LogP contribution in [-0.4, -0.2) is 38.6 Å². The van der Waals surface area contributed by atoms with Crippen LogP contribution >= 0.6 is 0 Å². The highest BCUT2D eigenvalue weighted by Crippen LogP contribution is 2.31. The highest BCUT2D eigenvalue weighted by molar-refractivity contribution is 6.02. The molecule has 0 radical (unpaired) electrons. The van der Waals surface area contributed by atoms with Crippen LogP contribution in [-0.2, 0) is 22.5 Å². The Balaban J connectivity index is 1.48. The summed E-state index contributed by atoms with van der Waals surface area (Å²) in [6, 6.07) is 14.2. The second-order valence-corrected chi connectivity index (χ2v) is 9.51. The van der Waals surface area contributed by atoms with Crippen LogP contribution in [0.2, 0.25) is 0 Å². The summed E-state index contributed by atoms with van der Waals surface area (Å²) in [6.45, 7) is 2.78. The maximum atomic E-state index is 13.2. The summed E-state index contributed by atoms with van der Waals surface area (Å²) in [5, 5.41) is 6.04. The van der Waals surface area contributed by atoms with E-state index >= 15 is 0 Å². The van der Waals surface area contributed by atoms with Gasteiger partial charge < -0.3 is 20.3 Å². The molecule has 1 aliphatic carbocycles. The highest BCUT2D eigenvalue weighted by Gasteiger charge is 2.22. The summed E-state index contributed by atoms with van der Waals surface area (Å²) >= 11 is 0. The molecule has 0 unspecified atom stereocenters. The van der Waals surface area contributed by atoms with E-state index in [1.807, 2.05) is 18.2 Å². The number of carbonyl (C=O) groups is 2. The van der Waals surface area contributed by atoms with Crippen molar-refractivity contribution >= 4 is 23.2 Å². The van der Waals surface area contributed by atoms with Crippen molar-refractivity contribution in [1.29, 1.82) is 0 Å². The molecule has 1 aliphatic heterocycles. The van der Waals surface area contributed by atoms with Gasteiger partial charge in [-0.3, -0.25) is 9.59 Å². The number of hydrogen-bond acceptors (Lipinski definition) is 4. The van der Waals surface area contributed by atoms with Crippen molar-refractivity contribution in [2.24, 2.45) is 5.92 Å². The standard InChI is InChI=1S/C28H37N3O3/c1-34-18-6-16-29-28(33)25-19-24(30-27(32)14-11-21-7-2-3-8-21)12-13-26(25)31-17-15-22-9-4-5-10-23(22)20-31/h4-5,9-10,12-13,19,21H,2-3,6-8,11,14-18,20H2,1H3,(H,29,33)(H,30,32). The first-order valence-electron chi connectivity index (χ1n) is 12.7. The molecule has 0 bridgehead atoms. The van der Waals surface area contributed by atoms with Gasteiger partial charge >= 0.3 is 0 Å². The number of fused-ring (bicyclic) bond motifs is 1. The average Bonchev–Trinajstić information content (AvgIpc) is 3.39. The lowest BCUT2D eigenvalue weighted by atomic mass is 9.98. The zero-order chi connectivity index (χ0) is 23.8. The summed E-state index contributed by atoms with van der Waals surface area (Å²) in [7, 11) is 1.66. The summed E-state index contributed by atoms with van der Waals surface area (Å²) in [4.78, 5) is 28.0. The first-order chi connectivity index (χ1) is 16.6. The number of nitrogens with zero attached hydrogens (tertiary/aromatic N) is 1. The number of carbonyl (C=O) groups excluding carboxylic acids is 2. The maximum absolute atomic E-state index is 13.2. The van der Waals surface area contributed by atoms with Crippen LogP contribution in [0.25, 0.3) is 0 Å². The van der Waals surface area contributed by atoms with Crippen LogP contribution in [0.5, 0.6) is 0 Å². The topological polar surface area (TPSA) is 70.7 Å². The van der Waals surface area contributed by atoms with Crippen molar-refractivity contribution in [3.8, 4) is 0 Å². The van der Waals surface area contributed by atoms with Crippen molar-refractivity contribution in [3.63, 3.8) is 0 Å². The van der Waals surface area contributed by atoms with Gasteiger partial charge in [0.15, 0.2) is 0 Å². The van der Waals surface area contributed by atoms with Gasteiger partial charge in [-0.15, -0.1) is 0 Å². The van der Waals surface area contributed by atoms with Crippen LogP contribution in [0, 0.1) is 5.92 Å². The van der Waals surface area contributed by atoms with Gasteiger partial charge in [0.1, 0.15) is 0 Å². The van der Waals surface area contributed by atoms with Crippen LogP contribution in [0.1, 0.15) is 66.4 Å². The molecule has 1 saturated carbocycles. The van der Waals surface area contributed by atoms with E-state index in [1.54, 1.807) is 7.11 Å². The van der Waals surface area contributed by atoms with Gasteiger partial charge in [-0.25, -0.2) is 0 Å². The minimum absolute atomic E-state index is 0.0259. The molecule has 0 atom stereocenters. The van der Waals surface area contributed by atoms with Crippen LogP contribution < -0.4 is 15.5 Å². The monoisotopic (exact) mass is 463 g/mol. The number of rotatable bonds is 10. The molecule has 0 spiro atoms. The molecule has 0 aromatic heterocycles. The van der Waals surface area contributed by atoms with Gasteiger partial charge in [0.05, 0.1) is 5.56 Å². The summed E-state index contributed by atoms with van der Waals surface area (Å²) in [5.74, 6) is 0.591. The molecule has 2 aromatic rings. The van der Waals surface area contributed by atoms with Gasteiger partial charge in [-0.1, -0.05) is 49.9 Å². The molecule has 2 N–H and O–H groups in total. The number of amides is 2. The normalized spacial score (nSPS) is 15.7. The fourth-order valence-electron chi connectivity index (χ4n) is 5.14. The van der Waals surface area contributed by atoms with Crippen LogP contribution in [0.3, 0.4) is 0 Å². The Labute approximate surface area is 203 Å². The molecule has 4 rings (SSSR count). The quantitative estimate of drug-likeness (QED) is 0.491. The predicted octanol–water partition coefficient (Wildman–Crippen LogP) is 4.92. The Hall–Kier alpha value is -2.86. The second-order valence-electron chi connectivity index (χ2n) is 9.51. The maximum Gasteiger partial charge on any atom is 0.253 e. The van der Waals surface area contributed by atoms with E-state index in [1.165, 1.54) is 36.8 Å². The van der Waals surface area contributed by atoms with Gasteiger partial charge in [0, 0.05) is 51.1 Å². The minimum atomic E-state index is -0.119. The predicted molar refractivity (Wildman–Crippen MR) is 136 cm³/mol. The molecule has 0 saturated heterocycles. The summed E-state index contributed by atoms with van der Waals surface area (Å²) in [6.07, 6.45) is 8.26. The van der Waals surface area contributed by atoms with Crippen molar-refractivity contribution in [3.05, 3.63) is 59.2 Å². The lowest BCUT2D eigenvalue weighted by Gasteiger charge is -2.32. The fourth-order valence-corrected chi connectivity index (χ4v) is 5.14. The van der Waals surface area contributed by atoms with Gasteiger partial charge in [-0.05, 0) is 54.5 Å². The van der Waals surface area contributed by atoms with Crippen molar-refractivity contribution < 1.29 is 14.3 Å². The van der Waals surface area contributed by atoms with Gasteiger partial charge in [-0.2, -0.15) is 0 Å². The average molecular weight is 464 g/mol. The third-order valence-electron chi connectivity index (χ3n) is 7.06. The molecule has 182 valence electrons. The Morgan fingerprint density at radius 3 is 2.68 bits per heavy atom. The molecule has 2 amide bonds. The molecule has 1 fully saturated rings. The first kappa shape index (κ1) is 24.3. The lowest BCUT2D eigenvalue weighted by molar-refractivity contribution is -0.116. The molecule has 6 nitrogen and oxygen atoms in total. The zero-order valence-corrected chi connectivity index (χ0v) is 20.3. The molecule has 1 heterocycles. The van der Waals surface area contributed by atoms with E-state index in [0.717, 1.165) is 38.0 Å². The Bertz CT molecular complexity index is 985. The fraction of sp³-hybridized carbons (Fsp3) is 0.500. The number of benzene rings is 2. The SMILES string of the molecule is COCCCNC(=O)c1cc(NC(=O)CCC2CCCC2)ccc1N1CCc2ccccc2C1. The number of hydrogen-bond donors (Lipinski definition) is 2. The third-order valence-corrected chi connectivity index (χ3v) is 7.06. The third kappa shape index (κ3) is 6.38. The van der Waals surface area contributed by atoms with E-state index in [9.17, 15) is 9.59 Å². The highest BCUT2D eigenvalue weighted by atomic mass is 16.5. The number of methoxy groups -OCH3 is 1. The van der Waals surface area contributed by atoms with Crippen molar-refractivity contribution in [2.75, 3.05) is 37.0 Å². The van der Waals surface area contributed by atoms with E-state index < -0.39 is 0 Å². The van der Waals surface area contributed by atoms with Crippen LogP contribution in [0.15, 0.2) is 42.5 Å². The largest absolute Gasteiger partial charge is 0.385 e. The Morgan fingerprint density at radius 1 is 1.09 bits per heavy atom. The molecule has 34 heavy (non-hydrogen) atoms. The van der Waals surface area contributed by atoms with E-state index in [-0.39, 0.29) is 11.8 Å². The van der Waals surface area contributed by atoms with E-state index in [0.29, 0.717) is 36.7 Å². The first-order valence-corrected chi connectivity index (χ1v) is 12.7. The summed E-state index contributed by atoms with van der Waals surface area (Å²) < 4.78 is 5.10. The van der Waals surface area contributed by atoms with E-state index in [2.05, 4.69) is 39.8 Å². The molecule has 6 heteroatoms. The van der Waals surface area contributed by atoms with E-state index in [4.69, 9.17) is 4.74 Å². The van der Waals surface area contributed by atoms with Crippen molar-refractivity contribution in [1.82, 2.24) is 5.32 Å². The second kappa shape index (κ2) is 12.0. The number of anilines is 2. The molecular weight excluding hydrogens is 426 g/mol. The van der Waals surface area contributed by atoms with Crippen LogP contribution in [0.4, 0.5) is 11.4 Å². The minimum Gasteiger partial charge on any atom is -0.385 e. The lowest BCUT2D eigenvalue weighted by Crippen LogP contribution is -2.33. The smallest absolute Gasteiger partial charge is 0.253 e. The molecule has 2 aliphatic rings. The Morgan fingerprint density at radius 2 is 1.88 bits per heavy atom. The van der Waals surface area contributed by atoms with Crippen molar-refractivity contribution in [2.45, 2.75) is 57.9 Å². The number of nitrogens with one attached hydrogen (secondary N) is 2. The molecular formula is C28H37N3O3. The van der Waals surface area contributed by atoms with Gasteiger partial charge in [0.25, 0.3) is 5.91 Å². The Kier molecular flexibility index (Phi) is 8.58. The number of ether oxygens (including phenoxy) is 1. The van der Waals surface area contributed by atoms with Gasteiger partial charge in [0.2, 0.25) is 5.91 Å². The summed E-state index contributed by atoms with van der Waals surface area (Å²) in [5.41, 5.74) is 4.85. The zero-order valence-electron chi connectivity index (χ0n) is 20.3. The molecule has 2 aromatic carbocycles.